The van der Waals surface area contributed by atoms with Gasteiger partial charge in [0.05, 0.1) is 6.04 Å². The van der Waals surface area contributed by atoms with E-state index in [-0.39, 0.29) is 6.04 Å². The van der Waals surface area contributed by atoms with Gasteiger partial charge in [0.1, 0.15) is 0 Å². The van der Waals surface area contributed by atoms with Gasteiger partial charge < -0.3 is 0 Å². The van der Waals surface area contributed by atoms with Crippen LogP contribution in [0.5, 0.6) is 0 Å². The monoisotopic (exact) mass is 311 g/mol. The number of unbranched alkanes of at least 4 members (excludes halogenated alkanes) is 14. The minimum absolute atomic E-state index is 0.0713. The second kappa shape index (κ2) is 18.6. The normalized spacial score (nSPS) is 12.5. The van der Waals surface area contributed by atoms with E-state index >= 15 is 0 Å². The topological polar surface area (TPSA) is 29.4 Å². The van der Waals surface area contributed by atoms with E-state index in [4.69, 9.17) is 0 Å². The van der Waals surface area contributed by atoms with Crippen molar-refractivity contribution < 1.29 is 0 Å². The van der Waals surface area contributed by atoms with Crippen LogP contribution in [0.1, 0.15) is 123 Å². The Morgan fingerprint density at radius 1 is 0.591 bits per heavy atom. The predicted molar refractivity (Wildman–Crippen MR) is 99.4 cm³/mol. The molecule has 2 nitrogen and oxygen atoms in total. The zero-order valence-electron chi connectivity index (χ0n) is 15.5. The molecule has 0 bridgehead atoms. The number of hydrogen-bond acceptors (Lipinski definition) is 2. The van der Waals surface area contributed by atoms with Crippen molar-refractivity contribution in [1.29, 1.82) is 0 Å². The minimum atomic E-state index is 0.0713. The maximum Gasteiger partial charge on any atom is 0.0917 e. The van der Waals surface area contributed by atoms with Crippen LogP contribution < -0.4 is 0 Å². The Morgan fingerprint density at radius 3 is 1.27 bits per heavy atom. The van der Waals surface area contributed by atoms with E-state index in [1.54, 1.807) is 0 Å². The molecule has 0 aliphatic carbocycles. The third-order valence-corrected chi connectivity index (χ3v) is 4.76. The summed E-state index contributed by atoms with van der Waals surface area (Å²) < 4.78 is 0. The molecule has 0 aliphatic rings. The van der Waals surface area contributed by atoms with Crippen LogP contribution in [0.3, 0.4) is 0 Å². The molecule has 0 N–H and O–H groups in total. The van der Waals surface area contributed by atoms with E-state index in [1.165, 1.54) is 96.3 Å². The molecular formula is C20H41NO. The molecular weight excluding hydrogens is 270 g/mol. The molecule has 0 amide bonds. The van der Waals surface area contributed by atoms with Crippen molar-refractivity contribution in [2.45, 2.75) is 129 Å². The second-order valence-electron chi connectivity index (χ2n) is 6.91. The molecule has 0 aromatic carbocycles. The lowest BCUT2D eigenvalue weighted by atomic mass is 10.0. The van der Waals surface area contributed by atoms with E-state index < -0.39 is 0 Å². The molecule has 0 spiro atoms. The van der Waals surface area contributed by atoms with Crippen molar-refractivity contribution >= 4 is 0 Å². The van der Waals surface area contributed by atoms with E-state index in [0.717, 1.165) is 12.8 Å². The quantitative estimate of drug-likeness (QED) is 0.187. The summed E-state index contributed by atoms with van der Waals surface area (Å²) in [5.74, 6) is 0. The third kappa shape index (κ3) is 16.0. The Morgan fingerprint density at radius 2 is 0.955 bits per heavy atom. The van der Waals surface area contributed by atoms with Gasteiger partial charge in [0, 0.05) is 0 Å². The standard InChI is InChI=1S/C20H41NO/c1-3-5-6-7-8-9-10-11-12-13-14-15-16-17-18-19-20(4-2)21-22/h20H,3-19H2,1-2H3. The maximum atomic E-state index is 10.5. The van der Waals surface area contributed by atoms with Gasteiger partial charge >= 0.3 is 0 Å². The Bertz CT molecular complexity index is 218. The van der Waals surface area contributed by atoms with Gasteiger partial charge in [-0.3, -0.25) is 0 Å². The summed E-state index contributed by atoms with van der Waals surface area (Å²) in [4.78, 5) is 10.5. The molecule has 0 aromatic rings. The number of nitrogens with zero attached hydrogens (tertiary/aromatic N) is 1. The summed E-state index contributed by atoms with van der Waals surface area (Å²) in [5, 5.41) is 3.16. The Balaban J connectivity index is 3.04. The van der Waals surface area contributed by atoms with Crippen molar-refractivity contribution in [3.8, 4) is 0 Å². The van der Waals surface area contributed by atoms with Gasteiger partial charge in [0.2, 0.25) is 0 Å². The summed E-state index contributed by atoms with van der Waals surface area (Å²) in [6.07, 6.45) is 22.8. The lowest BCUT2D eigenvalue weighted by Crippen LogP contribution is -2.00. The molecule has 0 aliphatic heterocycles. The van der Waals surface area contributed by atoms with Crippen LogP contribution in [0.4, 0.5) is 0 Å². The first kappa shape index (κ1) is 21.6. The summed E-state index contributed by atoms with van der Waals surface area (Å²) in [6.45, 7) is 4.33. The maximum absolute atomic E-state index is 10.5. The summed E-state index contributed by atoms with van der Waals surface area (Å²) in [7, 11) is 0. The van der Waals surface area contributed by atoms with E-state index in [2.05, 4.69) is 19.0 Å². The predicted octanol–water partition coefficient (Wildman–Crippen LogP) is 7.79. The van der Waals surface area contributed by atoms with E-state index in [0.29, 0.717) is 0 Å². The van der Waals surface area contributed by atoms with Gasteiger partial charge in [-0.2, -0.15) is 4.91 Å². The van der Waals surface area contributed by atoms with Gasteiger partial charge in [-0.15, -0.1) is 0 Å². The molecule has 2 heteroatoms. The Hall–Kier alpha value is -0.400. The van der Waals surface area contributed by atoms with E-state index in [1.807, 2.05) is 0 Å². The fourth-order valence-electron chi connectivity index (χ4n) is 3.08. The number of nitroso groups, excluding NO2 is 1. The average Bonchev–Trinajstić information content (AvgIpc) is 2.55. The summed E-state index contributed by atoms with van der Waals surface area (Å²) >= 11 is 0. The Labute approximate surface area is 139 Å². The summed E-state index contributed by atoms with van der Waals surface area (Å²) in [5.41, 5.74) is 0. The number of rotatable bonds is 18. The second-order valence-corrected chi connectivity index (χ2v) is 6.91. The van der Waals surface area contributed by atoms with Crippen molar-refractivity contribution in [2.24, 2.45) is 5.18 Å². The van der Waals surface area contributed by atoms with Crippen LogP contribution >= 0.6 is 0 Å². The minimum Gasteiger partial charge on any atom is -0.151 e. The van der Waals surface area contributed by atoms with Gasteiger partial charge in [-0.25, -0.2) is 0 Å². The molecule has 0 aromatic heterocycles. The zero-order valence-corrected chi connectivity index (χ0v) is 15.5. The number of hydrogen-bond donors (Lipinski definition) is 0. The van der Waals surface area contributed by atoms with Gasteiger partial charge in [-0.1, -0.05) is 115 Å². The third-order valence-electron chi connectivity index (χ3n) is 4.76. The van der Waals surface area contributed by atoms with Gasteiger partial charge in [0.25, 0.3) is 0 Å². The Kier molecular flexibility index (Phi) is 18.3. The first-order valence-corrected chi connectivity index (χ1v) is 10.2. The van der Waals surface area contributed by atoms with E-state index in [9.17, 15) is 4.91 Å². The highest BCUT2D eigenvalue weighted by Gasteiger charge is 2.04. The van der Waals surface area contributed by atoms with Crippen LogP contribution in [0.15, 0.2) is 5.18 Å². The summed E-state index contributed by atoms with van der Waals surface area (Å²) in [6, 6.07) is 0.0713. The highest BCUT2D eigenvalue weighted by molar-refractivity contribution is 4.62. The van der Waals surface area contributed by atoms with Crippen LogP contribution in [0.2, 0.25) is 0 Å². The van der Waals surface area contributed by atoms with Crippen molar-refractivity contribution in [2.75, 3.05) is 0 Å². The fourth-order valence-corrected chi connectivity index (χ4v) is 3.08. The van der Waals surface area contributed by atoms with Crippen LogP contribution in [-0.2, 0) is 0 Å². The van der Waals surface area contributed by atoms with Crippen molar-refractivity contribution in [3.05, 3.63) is 4.91 Å². The molecule has 22 heavy (non-hydrogen) atoms. The zero-order chi connectivity index (χ0) is 16.3. The SMILES string of the molecule is CCCCCCCCCCCCCCCCCC(CC)N=O. The molecule has 0 saturated heterocycles. The van der Waals surface area contributed by atoms with Crippen molar-refractivity contribution in [1.82, 2.24) is 0 Å². The van der Waals surface area contributed by atoms with Crippen LogP contribution in [-0.4, -0.2) is 6.04 Å². The lowest BCUT2D eigenvalue weighted by Gasteiger charge is -2.05. The molecule has 1 unspecified atom stereocenters. The molecule has 0 radical (unpaired) electrons. The van der Waals surface area contributed by atoms with Crippen molar-refractivity contribution in [3.63, 3.8) is 0 Å². The lowest BCUT2D eigenvalue weighted by molar-refractivity contribution is 0.510. The smallest absolute Gasteiger partial charge is 0.0917 e. The first-order valence-electron chi connectivity index (χ1n) is 10.2. The molecule has 0 heterocycles. The van der Waals surface area contributed by atoms with Crippen LogP contribution in [0, 0.1) is 4.91 Å². The largest absolute Gasteiger partial charge is 0.151 e. The molecule has 0 saturated carbocycles. The van der Waals surface area contributed by atoms with Gasteiger partial charge in [-0.05, 0) is 12.8 Å². The van der Waals surface area contributed by atoms with Crippen LogP contribution in [0.25, 0.3) is 0 Å². The highest BCUT2D eigenvalue weighted by Crippen LogP contribution is 2.15. The molecule has 0 fully saturated rings. The van der Waals surface area contributed by atoms with Gasteiger partial charge in [0.15, 0.2) is 0 Å². The first-order chi connectivity index (χ1) is 10.8. The molecule has 0 rings (SSSR count). The molecule has 1 atom stereocenters. The highest BCUT2D eigenvalue weighted by atomic mass is 16.3. The fraction of sp³-hybridized carbons (Fsp3) is 1.00. The average molecular weight is 312 g/mol. The molecule has 132 valence electrons.